The van der Waals surface area contributed by atoms with E-state index in [-0.39, 0.29) is 11.9 Å². The molecule has 0 aliphatic carbocycles. The zero-order chi connectivity index (χ0) is 15.4. The molecular weight excluding hydrogens is 268 g/mol. The Balaban J connectivity index is 2.10. The van der Waals surface area contributed by atoms with Gasteiger partial charge in [-0.15, -0.1) is 0 Å². The third-order valence-corrected chi connectivity index (χ3v) is 2.96. The van der Waals surface area contributed by atoms with Crippen molar-refractivity contribution in [2.75, 3.05) is 17.7 Å². The van der Waals surface area contributed by atoms with Gasteiger partial charge in [-0.1, -0.05) is 0 Å². The van der Waals surface area contributed by atoms with Crippen LogP contribution < -0.4 is 15.8 Å². The number of nitrogens with zero attached hydrogens (tertiary/aromatic N) is 2. The van der Waals surface area contributed by atoms with Crippen molar-refractivity contribution in [2.24, 2.45) is 0 Å². The van der Waals surface area contributed by atoms with Crippen LogP contribution in [0.3, 0.4) is 0 Å². The van der Waals surface area contributed by atoms with Gasteiger partial charge in [-0.2, -0.15) is 5.10 Å². The van der Waals surface area contributed by atoms with E-state index in [4.69, 9.17) is 10.5 Å². The van der Waals surface area contributed by atoms with Crippen molar-refractivity contribution in [1.82, 2.24) is 9.78 Å². The van der Waals surface area contributed by atoms with E-state index >= 15 is 0 Å². The Morgan fingerprint density at radius 1 is 1.48 bits per heavy atom. The van der Waals surface area contributed by atoms with E-state index in [1.54, 1.807) is 35.3 Å². The van der Waals surface area contributed by atoms with Crippen LogP contribution in [0.5, 0.6) is 5.75 Å². The van der Waals surface area contributed by atoms with E-state index in [0.29, 0.717) is 29.3 Å². The molecule has 2 aromatic rings. The number of benzene rings is 1. The highest BCUT2D eigenvalue weighted by Gasteiger charge is 2.10. The largest absolute Gasteiger partial charge is 0.492 e. The van der Waals surface area contributed by atoms with Gasteiger partial charge in [0, 0.05) is 17.8 Å². The molecule has 112 valence electrons. The third-order valence-electron chi connectivity index (χ3n) is 2.96. The first kappa shape index (κ1) is 14.9. The minimum Gasteiger partial charge on any atom is -0.492 e. The number of nitrogen functional groups attached to an aromatic ring is 1. The first-order valence-corrected chi connectivity index (χ1v) is 6.89. The molecule has 0 unspecified atom stereocenters. The van der Waals surface area contributed by atoms with Gasteiger partial charge < -0.3 is 15.8 Å². The topological polar surface area (TPSA) is 82.2 Å². The Hall–Kier alpha value is -2.50. The lowest BCUT2D eigenvalue weighted by Gasteiger charge is -2.08. The highest BCUT2D eigenvalue weighted by atomic mass is 16.5. The van der Waals surface area contributed by atoms with Crippen LogP contribution in [0.25, 0.3) is 0 Å². The number of hydrogen-bond donors (Lipinski definition) is 2. The van der Waals surface area contributed by atoms with Crippen molar-refractivity contribution in [3.8, 4) is 5.75 Å². The number of rotatable bonds is 5. The molecule has 1 heterocycles. The average Bonchev–Trinajstić information content (AvgIpc) is 2.90. The molecule has 3 N–H and O–H groups in total. The second-order valence-electron chi connectivity index (χ2n) is 4.94. The van der Waals surface area contributed by atoms with Gasteiger partial charge in [0.1, 0.15) is 5.75 Å². The molecule has 1 aromatic heterocycles. The second kappa shape index (κ2) is 6.30. The highest BCUT2D eigenvalue weighted by molar-refractivity contribution is 6.04. The van der Waals surface area contributed by atoms with Crippen LogP contribution in [-0.2, 0) is 0 Å². The molecule has 1 aromatic carbocycles. The third kappa shape index (κ3) is 3.53. The van der Waals surface area contributed by atoms with Crippen LogP contribution >= 0.6 is 0 Å². The molecule has 2 rings (SSSR count). The van der Waals surface area contributed by atoms with Crippen molar-refractivity contribution in [2.45, 2.75) is 26.8 Å². The number of ether oxygens (including phenoxy) is 1. The summed E-state index contributed by atoms with van der Waals surface area (Å²) in [5.41, 5.74) is 7.44. The maximum absolute atomic E-state index is 12.2. The quantitative estimate of drug-likeness (QED) is 0.829. The minimum absolute atomic E-state index is 0.229. The molecule has 0 saturated carbocycles. The molecule has 0 spiro atoms. The predicted molar refractivity (Wildman–Crippen MR) is 82.6 cm³/mol. The number of anilines is 2. The fourth-order valence-electron chi connectivity index (χ4n) is 1.86. The number of hydrogen-bond acceptors (Lipinski definition) is 4. The summed E-state index contributed by atoms with van der Waals surface area (Å²) in [6, 6.07) is 5.24. The fourth-order valence-corrected chi connectivity index (χ4v) is 1.86. The fraction of sp³-hybridized carbons (Fsp3) is 0.333. The summed E-state index contributed by atoms with van der Waals surface area (Å²) in [6.45, 7) is 6.45. The van der Waals surface area contributed by atoms with Crippen LogP contribution in [0.1, 0.15) is 37.2 Å². The number of nitrogens with two attached hydrogens (primary N) is 1. The van der Waals surface area contributed by atoms with Gasteiger partial charge in [0.15, 0.2) is 0 Å². The van der Waals surface area contributed by atoms with Gasteiger partial charge in [-0.25, -0.2) is 0 Å². The molecule has 21 heavy (non-hydrogen) atoms. The summed E-state index contributed by atoms with van der Waals surface area (Å²) < 4.78 is 7.13. The molecular formula is C15H20N4O2. The van der Waals surface area contributed by atoms with E-state index in [1.165, 1.54) is 0 Å². The summed E-state index contributed by atoms with van der Waals surface area (Å²) in [5, 5.41) is 6.97. The van der Waals surface area contributed by atoms with E-state index in [1.807, 2.05) is 20.8 Å². The average molecular weight is 288 g/mol. The van der Waals surface area contributed by atoms with Crippen LogP contribution in [0.2, 0.25) is 0 Å². The molecule has 1 amide bonds. The SMILES string of the molecule is CCOc1ccc(C(=O)Nc2cnn(C(C)C)c2)cc1N. The molecule has 0 bridgehead atoms. The maximum atomic E-state index is 12.2. The lowest BCUT2D eigenvalue weighted by molar-refractivity contribution is 0.102. The van der Waals surface area contributed by atoms with Crippen molar-refractivity contribution < 1.29 is 9.53 Å². The van der Waals surface area contributed by atoms with Gasteiger partial charge in [0.25, 0.3) is 5.91 Å². The van der Waals surface area contributed by atoms with Gasteiger partial charge in [-0.05, 0) is 39.0 Å². The Kier molecular flexibility index (Phi) is 4.47. The van der Waals surface area contributed by atoms with Crippen LogP contribution in [0.15, 0.2) is 30.6 Å². The zero-order valence-electron chi connectivity index (χ0n) is 12.5. The lowest BCUT2D eigenvalue weighted by atomic mass is 10.1. The van der Waals surface area contributed by atoms with Crippen molar-refractivity contribution in [3.63, 3.8) is 0 Å². The first-order valence-electron chi connectivity index (χ1n) is 6.89. The van der Waals surface area contributed by atoms with Crippen molar-refractivity contribution >= 4 is 17.3 Å². The standard InChI is InChI=1S/C15H20N4O2/c1-4-21-14-6-5-11(7-13(14)16)15(20)18-12-8-17-19(9-12)10(2)3/h5-10H,4,16H2,1-3H3,(H,18,20). The predicted octanol–water partition coefficient (Wildman–Crippen LogP) is 2.70. The highest BCUT2D eigenvalue weighted by Crippen LogP contribution is 2.23. The summed E-state index contributed by atoms with van der Waals surface area (Å²) in [4.78, 5) is 12.2. The summed E-state index contributed by atoms with van der Waals surface area (Å²) in [7, 11) is 0. The molecule has 0 saturated heterocycles. The minimum atomic E-state index is -0.229. The first-order chi connectivity index (χ1) is 10.0. The second-order valence-corrected chi connectivity index (χ2v) is 4.94. The van der Waals surface area contributed by atoms with Crippen molar-refractivity contribution in [3.05, 3.63) is 36.2 Å². The Morgan fingerprint density at radius 3 is 2.81 bits per heavy atom. The number of amides is 1. The zero-order valence-corrected chi connectivity index (χ0v) is 12.5. The molecule has 6 nitrogen and oxygen atoms in total. The van der Waals surface area contributed by atoms with E-state index in [0.717, 1.165) is 0 Å². The molecule has 6 heteroatoms. The molecule has 0 fully saturated rings. The van der Waals surface area contributed by atoms with E-state index in [9.17, 15) is 4.79 Å². The van der Waals surface area contributed by atoms with E-state index in [2.05, 4.69) is 10.4 Å². The van der Waals surface area contributed by atoms with Crippen molar-refractivity contribution in [1.29, 1.82) is 0 Å². The van der Waals surface area contributed by atoms with E-state index < -0.39 is 0 Å². The number of aromatic nitrogens is 2. The van der Waals surface area contributed by atoms with Crippen LogP contribution in [-0.4, -0.2) is 22.3 Å². The normalized spacial score (nSPS) is 10.7. The Labute approximate surface area is 123 Å². The van der Waals surface area contributed by atoms with Gasteiger partial charge in [0.05, 0.1) is 24.2 Å². The number of nitrogens with one attached hydrogen (secondary N) is 1. The van der Waals surface area contributed by atoms with Gasteiger partial charge in [0.2, 0.25) is 0 Å². The molecule has 0 aliphatic heterocycles. The Bertz CT molecular complexity index is 634. The lowest BCUT2D eigenvalue weighted by Crippen LogP contribution is -2.12. The molecule has 0 aliphatic rings. The van der Waals surface area contributed by atoms with Gasteiger partial charge in [-0.3, -0.25) is 9.48 Å². The monoisotopic (exact) mass is 288 g/mol. The molecule has 0 atom stereocenters. The van der Waals surface area contributed by atoms with Crippen LogP contribution in [0, 0.1) is 0 Å². The maximum Gasteiger partial charge on any atom is 0.255 e. The van der Waals surface area contributed by atoms with Gasteiger partial charge >= 0.3 is 0 Å². The number of carbonyl (C=O) groups is 1. The molecule has 0 radical (unpaired) electrons. The smallest absolute Gasteiger partial charge is 0.255 e. The summed E-state index contributed by atoms with van der Waals surface area (Å²) >= 11 is 0. The Morgan fingerprint density at radius 2 is 2.24 bits per heavy atom. The number of carbonyl (C=O) groups excluding carboxylic acids is 1. The summed E-state index contributed by atoms with van der Waals surface area (Å²) in [6.07, 6.45) is 3.41. The van der Waals surface area contributed by atoms with Crippen LogP contribution in [0.4, 0.5) is 11.4 Å². The summed E-state index contributed by atoms with van der Waals surface area (Å²) in [5.74, 6) is 0.356.